The summed E-state index contributed by atoms with van der Waals surface area (Å²) in [7, 11) is 0. The van der Waals surface area contributed by atoms with E-state index < -0.39 is 0 Å². The summed E-state index contributed by atoms with van der Waals surface area (Å²) in [6.07, 6.45) is 3.28. The van der Waals surface area contributed by atoms with Gasteiger partial charge < -0.3 is 4.57 Å². The molecule has 5 heteroatoms. The summed E-state index contributed by atoms with van der Waals surface area (Å²) in [6, 6.07) is 11.2. The fraction of sp³-hybridized carbons (Fsp3) is 0.100. The first-order chi connectivity index (χ1) is 12.2. The van der Waals surface area contributed by atoms with E-state index in [4.69, 9.17) is 4.98 Å². The number of para-hydroxylation sites is 1. The number of fused-ring (bicyclic) bond motifs is 4. The van der Waals surface area contributed by atoms with E-state index in [2.05, 4.69) is 4.98 Å². The molecule has 0 spiro atoms. The van der Waals surface area contributed by atoms with Crippen LogP contribution in [0.2, 0.25) is 0 Å². The number of pyridine rings is 3. The Morgan fingerprint density at radius 3 is 2.68 bits per heavy atom. The van der Waals surface area contributed by atoms with Gasteiger partial charge in [-0.25, -0.2) is 4.98 Å². The lowest BCUT2D eigenvalue weighted by molar-refractivity contribution is 0.103. The summed E-state index contributed by atoms with van der Waals surface area (Å²) in [6.45, 7) is 2.38. The summed E-state index contributed by atoms with van der Waals surface area (Å²) in [5.41, 5.74) is 2.84. The Hall–Kier alpha value is -3.34. The third-order valence-corrected chi connectivity index (χ3v) is 4.80. The molecule has 0 aliphatic heterocycles. The van der Waals surface area contributed by atoms with E-state index in [0.29, 0.717) is 29.1 Å². The quantitative estimate of drug-likeness (QED) is 0.444. The number of aryl methyl sites for hydroxylation is 1. The van der Waals surface area contributed by atoms with Gasteiger partial charge in [0.1, 0.15) is 5.69 Å². The second-order valence-electron chi connectivity index (χ2n) is 6.11. The van der Waals surface area contributed by atoms with Crippen LogP contribution in [0.5, 0.6) is 0 Å². The van der Waals surface area contributed by atoms with Crippen LogP contribution >= 0.6 is 0 Å². The molecule has 3 aromatic heterocycles. The van der Waals surface area contributed by atoms with E-state index in [1.54, 1.807) is 12.4 Å². The molecule has 4 aromatic rings. The van der Waals surface area contributed by atoms with Crippen LogP contribution in [0.4, 0.5) is 0 Å². The van der Waals surface area contributed by atoms with Crippen LogP contribution in [0, 0.1) is 0 Å². The van der Waals surface area contributed by atoms with E-state index >= 15 is 0 Å². The van der Waals surface area contributed by atoms with Gasteiger partial charge in [-0.15, -0.1) is 0 Å². The van der Waals surface area contributed by atoms with Crippen LogP contribution in [0.25, 0.3) is 32.9 Å². The number of nitrogens with zero attached hydrogens (tertiary/aromatic N) is 3. The first-order valence-electron chi connectivity index (χ1n) is 8.16. The van der Waals surface area contributed by atoms with Crippen molar-refractivity contribution in [2.75, 3.05) is 0 Å². The molecule has 0 saturated carbocycles. The molecular weight excluding hydrogens is 314 g/mol. The second-order valence-corrected chi connectivity index (χ2v) is 6.11. The highest BCUT2D eigenvalue weighted by Gasteiger charge is 2.29. The Balaban J connectivity index is 2.03. The van der Waals surface area contributed by atoms with Crippen molar-refractivity contribution in [3.63, 3.8) is 0 Å². The lowest BCUT2D eigenvalue weighted by atomic mass is 9.88. The van der Waals surface area contributed by atoms with Crippen LogP contribution in [-0.4, -0.2) is 20.3 Å². The lowest BCUT2D eigenvalue weighted by Crippen LogP contribution is -2.23. The molecule has 1 aliphatic rings. The average Bonchev–Trinajstić information content (AvgIpc) is 2.65. The van der Waals surface area contributed by atoms with E-state index in [1.807, 2.05) is 37.3 Å². The summed E-state index contributed by atoms with van der Waals surface area (Å²) in [5.74, 6) is -0.160. The maximum atomic E-state index is 13.0. The largest absolute Gasteiger partial charge is 0.315 e. The Bertz CT molecular complexity index is 1270. The van der Waals surface area contributed by atoms with Crippen LogP contribution in [0.3, 0.4) is 0 Å². The van der Waals surface area contributed by atoms with E-state index in [-0.39, 0.29) is 11.3 Å². The number of hydrogen-bond donors (Lipinski definition) is 0. The lowest BCUT2D eigenvalue weighted by Gasteiger charge is -2.20. The predicted molar refractivity (Wildman–Crippen MR) is 95.8 cm³/mol. The van der Waals surface area contributed by atoms with Crippen LogP contribution in [0.15, 0.2) is 53.6 Å². The minimum atomic E-state index is -0.160. The van der Waals surface area contributed by atoms with Crippen LogP contribution in [-0.2, 0) is 6.54 Å². The monoisotopic (exact) mass is 327 g/mol. The number of carbonyl (C=O) groups is 1. The molecule has 5 nitrogen and oxygen atoms in total. The number of carbonyl (C=O) groups excluding carboxylic acids is 1. The molecule has 0 saturated heterocycles. The standard InChI is InChI=1S/C20H13N3O2/c1-2-23-10-14-13(9-16(23)24)18-17-12(7-8-21-19(17)20(14)25)11-5-3-4-6-15(11)22-18/h3-10H,2H2,1H3. The summed E-state index contributed by atoms with van der Waals surface area (Å²) in [5, 5.41) is 2.64. The summed E-state index contributed by atoms with van der Waals surface area (Å²) < 4.78 is 1.53. The fourth-order valence-corrected chi connectivity index (χ4v) is 3.59. The summed E-state index contributed by atoms with van der Waals surface area (Å²) in [4.78, 5) is 34.4. The zero-order valence-corrected chi connectivity index (χ0v) is 13.5. The predicted octanol–water partition coefficient (Wildman–Crippen LogP) is 3.18. The molecule has 0 fully saturated rings. The molecule has 0 amide bonds. The van der Waals surface area contributed by atoms with Gasteiger partial charge in [0.15, 0.2) is 0 Å². The number of hydrogen-bond acceptors (Lipinski definition) is 4. The van der Waals surface area contributed by atoms with Gasteiger partial charge in [0.25, 0.3) is 5.56 Å². The van der Waals surface area contributed by atoms with Gasteiger partial charge in [-0.1, -0.05) is 18.2 Å². The van der Waals surface area contributed by atoms with Crippen molar-refractivity contribution in [2.24, 2.45) is 0 Å². The zero-order valence-electron chi connectivity index (χ0n) is 13.5. The number of ketones is 1. The molecule has 0 N–H and O–H groups in total. The topological polar surface area (TPSA) is 64.8 Å². The number of aromatic nitrogens is 3. The van der Waals surface area contributed by atoms with Crippen LogP contribution < -0.4 is 5.56 Å². The molecule has 0 bridgehead atoms. The van der Waals surface area contributed by atoms with Gasteiger partial charge >= 0.3 is 0 Å². The number of benzene rings is 1. The van der Waals surface area contributed by atoms with Crippen molar-refractivity contribution in [3.05, 3.63) is 70.4 Å². The van der Waals surface area contributed by atoms with Gasteiger partial charge in [0.05, 0.1) is 16.8 Å². The Kier molecular flexibility index (Phi) is 2.71. The van der Waals surface area contributed by atoms with Gasteiger partial charge in [-0.2, -0.15) is 0 Å². The fourth-order valence-electron chi connectivity index (χ4n) is 3.59. The molecule has 0 radical (unpaired) electrons. The van der Waals surface area contributed by atoms with Crippen molar-refractivity contribution in [1.82, 2.24) is 14.5 Å². The third-order valence-electron chi connectivity index (χ3n) is 4.80. The van der Waals surface area contributed by atoms with Crippen molar-refractivity contribution < 1.29 is 4.79 Å². The van der Waals surface area contributed by atoms with E-state index in [1.165, 1.54) is 10.6 Å². The van der Waals surface area contributed by atoms with E-state index in [0.717, 1.165) is 21.7 Å². The first kappa shape index (κ1) is 14.0. The maximum absolute atomic E-state index is 13.0. The minimum absolute atomic E-state index is 0.135. The molecule has 1 aromatic carbocycles. The minimum Gasteiger partial charge on any atom is -0.315 e. The highest BCUT2D eigenvalue weighted by atomic mass is 16.1. The van der Waals surface area contributed by atoms with Crippen molar-refractivity contribution >= 4 is 27.5 Å². The average molecular weight is 327 g/mol. The molecule has 0 unspecified atom stereocenters. The smallest absolute Gasteiger partial charge is 0.251 e. The van der Waals surface area contributed by atoms with Crippen molar-refractivity contribution in [1.29, 1.82) is 0 Å². The Labute approximate surface area is 142 Å². The van der Waals surface area contributed by atoms with Crippen molar-refractivity contribution in [2.45, 2.75) is 13.5 Å². The molecule has 120 valence electrons. The Morgan fingerprint density at radius 1 is 1.00 bits per heavy atom. The number of rotatable bonds is 1. The van der Waals surface area contributed by atoms with Crippen LogP contribution in [0.1, 0.15) is 23.0 Å². The zero-order chi connectivity index (χ0) is 17.1. The van der Waals surface area contributed by atoms with E-state index in [9.17, 15) is 9.59 Å². The highest BCUT2D eigenvalue weighted by molar-refractivity contribution is 6.27. The molecular formula is C20H13N3O2. The van der Waals surface area contributed by atoms with Gasteiger partial charge in [-0.05, 0) is 24.4 Å². The molecule has 1 aliphatic carbocycles. The molecule has 25 heavy (non-hydrogen) atoms. The van der Waals surface area contributed by atoms with Gasteiger partial charge in [0, 0.05) is 41.3 Å². The normalized spacial score (nSPS) is 12.6. The second kappa shape index (κ2) is 4.83. The third kappa shape index (κ3) is 1.78. The van der Waals surface area contributed by atoms with Crippen molar-refractivity contribution in [3.8, 4) is 11.3 Å². The first-order valence-corrected chi connectivity index (χ1v) is 8.16. The highest BCUT2D eigenvalue weighted by Crippen LogP contribution is 2.39. The van der Waals surface area contributed by atoms with Gasteiger partial charge in [-0.3, -0.25) is 14.6 Å². The maximum Gasteiger partial charge on any atom is 0.251 e. The SMILES string of the molecule is CCn1cc2c(cc1=O)-c1nc3ccccc3c3ccnc(c13)C2=O. The summed E-state index contributed by atoms with van der Waals surface area (Å²) >= 11 is 0. The molecule has 3 heterocycles. The molecule has 0 atom stereocenters. The molecule has 5 rings (SSSR count). The Morgan fingerprint density at radius 2 is 1.84 bits per heavy atom. The van der Waals surface area contributed by atoms with Gasteiger partial charge in [0.2, 0.25) is 5.78 Å².